The minimum Gasteiger partial charge on any atom is -0.396 e. The minimum atomic E-state index is 0.210. The van der Waals surface area contributed by atoms with Gasteiger partial charge in [-0.1, -0.05) is 28.9 Å². The van der Waals surface area contributed by atoms with Crippen molar-refractivity contribution in [2.45, 2.75) is 12.2 Å². The van der Waals surface area contributed by atoms with E-state index in [0.29, 0.717) is 22.5 Å². The third-order valence-corrected chi connectivity index (χ3v) is 3.61. The van der Waals surface area contributed by atoms with Gasteiger partial charge in [0.2, 0.25) is 11.7 Å². The second kappa shape index (κ2) is 6.78. The van der Waals surface area contributed by atoms with Crippen LogP contribution in [-0.2, 0) is 5.75 Å². The van der Waals surface area contributed by atoms with Gasteiger partial charge in [0.25, 0.3) is 0 Å². The van der Waals surface area contributed by atoms with E-state index in [1.54, 1.807) is 17.8 Å². The second-order valence-corrected chi connectivity index (χ2v) is 5.13. The first-order valence-electron chi connectivity index (χ1n) is 5.57. The average Bonchev–Trinajstić information content (AvgIpc) is 2.84. The van der Waals surface area contributed by atoms with Gasteiger partial charge in [0.15, 0.2) is 0 Å². The third kappa shape index (κ3) is 3.48. The molecule has 1 aromatic carbocycles. The lowest BCUT2D eigenvalue weighted by Gasteiger charge is -1.96. The van der Waals surface area contributed by atoms with Gasteiger partial charge in [0, 0.05) is 12.2 Å². The van der Waals surface area contributed by atoms with E-state index in [4.69, 9.17) is 21.2 Å². The molecule has 96 valence electrons. The molecule has 0 aliphatic carbocycles. The summed E-state index contributed by atoms with van der Waals surface area (Å²) in [6.07, 6.45) is 0.774. The highest BCUT2D eigenvalue weighted by Gasteiger charge is 2.10. The number of hydrogen-bond acceptors (Lipinski definition) is 5. The van der Waals surface area contributed by atoms with E-state index in [9.17, 15) is 0 Å². The zero-order chi connectivity index (χ0) is 12.8. The number of halogens is 1. The zero-order valence-electron chi connectivity index (χ0n) is 9.67. The Morgan fingerprint density at radius 2 is 2.17 bits per heavy atom. The van der Waals surface area contributed by atoms with Crippen molar-refractivity contribution in [2.75, 3.05) is 12.4 Å². The number of benzene rings is 1. The monoisotopic (exact) mass is 284 g/mol. The van der Waals surface area contributed by atoms with E-state index in [0.717, 1.165) is 17.7 Å². The Balaban J connectivity index is 2.00. The molecule has 4 nitrogen and oxygen atoms in total. The van der Waals surface area contributed by atoms with Gasteiger partial charge in [-0.2, -0.15) is 16.7 Å². The first kappa shape index (κ1) is 13.4. The molecule has 1 heterocycles. The molecule has 6 heteroatoms. The van der Waals surface area contributed by atoms with Gasteiger partial charge in [0.05, 0.1) is 10.8 Å². The van der Waals surface area contributed by atoms with E-state index in [1.165, 1.54) is 0 Å². The van der Waals surface area contributed by atoms with Crippen LogP contribution in [-0.4, -0.2) is 27.6 Å². The largest absolute Gasteiger partial charge is 0.396 e. The van der Waals surface area contributed by atoms with Gasteiger partial charge in [-0.3, -0.25) is 0 Å². The van der Waals surface area contributed by atoms with Crippen molar-refractivity contribution in [3.63, 3.8) is 0 Å². The lowest BCUT2D eigenvalue weighted by molar-refractivity contribution is 0.296. The van der Waals surface area contributed by atoms with Crippen LogP contribution in [0.25, 0.3) is 11.4 Å². The van der Waals surface area contributed by atoms with E-state index in [2.05, 4.69) is 10.1 Å². The van der Waals surface area contributed by atoms with Crippen LogP contribution < -0.4 is 0 Å². The van der Waals surface area contributed by atoms with E-state index in [-0.39, 0.29) is 6.61 Å². The standard InChI is InChI=1S/C12H13ClN2O2S/c13-10-5-2-1-4-9(10)12-14-11(17-15-12)8-18-7-3-6-16/h1-2,4-5,16H,3,6-8H2. The summed E-state index contributed by atoms with van der Waals surface area (Å²) in [6, 6.07) is 7.39. The van der Waals surface area contributed by atoms with Crippen molar-refractivity contribution in [1.82, 2.24) is 10.1 Å². The van der Waals surface area contributed by atoms with Crippen molar-refractivity contribution in [3.8, 4) is 11.4 Å². The van der Waals surface area contributed by atoms with Gasteiger partial charge in [-0.25, -0.2) is 0 Å². The van der Waals surface area contributed by atoms with Crippen LogP contribution in [0.5, 0.6) is 0 Å². The number of aromatic nitrogens is 2. The first-order chi connectivity index (χ1) is 8.81. The van der Waals surface area contributed by atoms with E-state index in [1.807, 2.05) is 18.2 Å². The molecule has 0 saturated carbocycles. The highest BCUT2D eigenvalue weighted by molar-refractivity contribution is 7.98. The summed E-state index contributed by atoms with van der Waals surface area (Å²) in [5.41, 5.74) is 0.773. The summed E-state index contributed by atoms with van der Waals surface area (Å²) in [6.45, 7) is 0.210. The Morgan fingerprint density at radius 1 is 1.33 bits per heavy atom. The summed E-state index contributed by atoms with van der Waals surface area (Å²) in [7, 11) is 0. The van der Waals surface area contributed by atoms with Crippen LogP contribution in [0.4, 0.5) is 0 Å². The van der Waals surface area contributed by atoms with Crippen LogP contribution >= 0.6 is 23.4 Å². The normalized spacial score (nSPS) is 10.8. The Bertz CT molecular complexity index is 504. The van der Waals surface area contributed by atoms with Crippen LogP contribution in [0.3, 0.4) is 0 Å². The molecule has 2 aromatic rings. The highest BCUT2D eigenvalue weighted by atomic mass is 35.5. The third-order valence-electron chi connectivity index (χ3n) is 2.26. The van der Waals surface area contributed by atoms with Gasteiger partial charge in [-0.05, 0) is 24.3 Å². The van der Waals surface area contributed by atoms with Crippen molar-refractivity contribution >= 4 is 23.4 Å². The molecule has 0 aliphatic rings. The fourth-order valence-corrected chi connectivity index (χ4v) is 2.38. The Kier molecular flexibility index (Phi) is 5.04. The summed E-state index contributed by atoms with van der Waals surface area (Å²) in [5.74, 6) is 2.61. The van der Waals surface area contributed by atoms with Crippen LogP contribution in [0.1, 0.15) is 12.3 Å². The maximum Gasteiger partial charge on any atom is 0.236 e. The van der Waals surface area contributed by atoms with Crippen LogP contribution in [0.2, 0.25) is 5.02 Å². The molecule has 0 atom stereocenters. The van der Waals surface area contributed by atoms with E-state index < -0.39 is 0 Å². The summed E-state index contributed by atoms with van der Waals surface area (Å²) >= 11 is 7.71. The minimum absolute atomic E-state index is 0.210. The SMILES string of the molecule is OCCCSCc1nc(-c2ccccc2Cl)no1. The van der Waals surface area contributed by atoms with Crippen molar-refractivity contribution < 1.29 is 9.63 Å². The van der Waals surface area contributed by atoms with Crippen LogP contribution in [0, 0.1) is 0 Å². The molecule has 2 rings (SSSR count). The Morgan fingerprint density at radius 3 is 2.94 bits per heavy atom. The maximum absolute atomic E-state index is 8.67. The molecular formula is C12H13ClN2O2S. The number of thioether (sulfide) groups is 1. The van der Waals surface area contributed by atoms with Crippen molar-refractivity contribution in [2.24, 2.45) is 0 Å². The molecule has 1 aromatic heterocycles. The predicted octanol–water partition coefficient (Wildman–Crippen LogP) is 3.01. The molecule has 0 spiro atoms. The fraction of sp³-hybridized carbons (Fsp3) is 0.333. The van der Waals surface area contributed by atoms with Gasteiger partial charge in [0.1, 0.15) is 0 Å². The molecule has 0 bridgehead atoms. The smallest absolute Gasteiger partial charge is 0.236 e. The van der Waals surface area contributed by atoms with E-state index >= 15 is 0 Å². The average molecular weight is 285 g/mol. The number of nitrogens with zero attached hydrogens (tertiary/aromatic N) is 2. The number of rotatable bonds is 6. The Hall–Kier alpha value is -1.04. The molecule has 0 amide bonds. The molecule has 0 aliphatic heterocycles. The molecular weight excluding hydrogens is 272 g/mol. The van der Waals surface area contributed by atoms with Crippen molar-refractivity contribution in [1.29, 1.82) is 0 Å². The summed E-state index contributed by atoms with van der Waals surface area (Å²) < 4.78 is 5.15. The number of aliphatic hydroxyl groups is 1. The molecule has 0 unspecified atom stereocenters. The lowest BCUT2D eigenvalue weighted by atomic mass is 10.2. The molecule has 1 N–H and O–H groups in total. The quantitative estimate of drug-likeness (QED) is 0.826. The summed E-state index contributed by atoms with van der Waals surface area (Å²) in [5, 5.41) is 13.2. The predicted molar refractivity (Wildman–Crippen MR) is 72.6 cm³/mol. The topological polar surface area (TPSA) is 59.2 Å². The van der Waals surface area contributed by atoms with Crippen LogP contribution in [0.15, 0.2) is 28.8 Å². The van der Waals surface area contributed by atoms with Crippen molar-refractivity contribution in [3.05, 3.63) is 35.2 Å². The second-order valence-electron chi connectivity index (χ2n) is 3.62. The molecule has 18 heavy (non-hydrogen) atoms. The highest BCUT2D eigenvalue weighted by Crippen LogP contribution is 2.25. The lowest BCUT2D eigenvalue weighted by Crippen LogP contribution is -1.88. The fourth-order valence-electron chi connectivity index (χ4n) is 1.39. The number of aliphatic hydroxyl groups excluding tert-OH is 1. The first-order valence-corrected chi connectivity index (χ1v) is 7.10. The molecule has 0 radical (unpaired) electrons. The molecule has 0 fully saturated rings. The van der Waals surface area contributed by atoms with Gasteiger partial charge in [-0.15, -0.1) is 0 Å². The number of hydrogen-bond donors (Lipinski definition) is 1. The van der Waals surface area contributed by atoms with Gasteiger partial charge >= 0.3 is 0 Å². The summed E-state index contributed by atoms with van der Waals surface area (Å²) in [4.78, 5) is 4.29. The zero-order valence-corrected chi connectivity index (χ0v) is 11.2. The van der Waals surface area contributed by atoms with Gasteiger partial charge < -0.3 is 9.63 Å². The molecule has 0 saturated heterocycles. The maximum atomic E-state index is 8.67. The Labute approximate surface area is 114 Å².